The summed E-state index contributed by atoms with van der Waals surface area (Å²) in [6.07, 6.45) is 19.8. The van der Waals surface area contributed by atoms with Crippen LogP contribution in [0, 0.1) is 0 Å². The molecule has 0 unspecified atom stereocenters. The summed E-state index contributed by atoms with van der Waals surface area (Å²) < 4.78 is -0.519. The molecule has 0 aromatic carbocycles. The summed E-state index contributed by atoms with van der Waals surface area (Å²) in [7, 11) is 0. The van der Waals surface area contributed by atoms with Crippen molar-refractivity contribution in [2.75, 3.05) is 26.2 Å². The van der Waals surface area contributed by atoms with Crippen molar-refractivity contribution in [3.63, 3.8) is 0 Å². The van der Waals surface area contributed by atoms with Crippen LogP contribution in [0.3, 0.4) is 0 Å². The van der Waals surface area contributed by atoms with Gasteiger partial charge in [0.05, 0.1) is 6.54 Å². The Bertz CT molecular complexity index is 477. The number of rotatable bonds is 21. The van der Waals surface area contributed by atoms with E-state index in [1.54, 1.807) is 6.08 Å². The zero-order valence-electron chi connectivity index (χ0n) is 18.7. The number of hydrogen-bond acceptors (Lipinski definition) is 3. The number of hydrogen-bond donors (Lipinski definition) is 3. The second-order valence-electron chi connectivity index (χ2n) is 8.33. The lowest BCUT2D eigenvalue weighted by Gasteiger charge is -2.33. The first-order valence-corrected chi connectivity index (χ1v) is 11.5. The molecule has 7 nitrogen and oxygen atoms in total. The van der Waals surface area contributed by atoms with Gasteiger partial charge in [-0.15, -0.1) is 0 Å². The predicted octanol–water partition coefficient (Wildman–Crippen LogP) is 4.70. The van der Waals surface area contributed by atoms with Crippen molar-refractivity contribution in [3.05, 3.63) is 12.2 Å². The van der Waals surface area contributed by atoms with E-state index in [1.807, 2.05) is 6.08 Å². The van der Waals surface area contributed by atoms with Crippen molar-refractivity contribution in [2.24, 2.45) is 0 Å². The minimum atomic E-state index is -1.20. The van der Waals surface area contributed by atoms with Crippen molar-refractivity contribution >= 4 is 17.9 Å². The van der Waals surface area contributed by atoms with Gasteiger partial charge in [-0.1, -0.05) is 83.6 Å². The first-order chi connectivity index (χ1) is 14.3. The predicted molar refractivity (Wildman–Crippen MR) is 117 cm³/mol. The molecule has 0 atom stereocenters. The van der Waals surface area contributed by atoms with E-state index < -0.39 is 42.0 Å². The Morgan fingerprint density at radius 3 is 1.33 bits per heavy atom. The summed E-state index contributed by atoms with van der Waals surface area (Å²) in [5, 5.41) is 27.2. The van der Waals surface area contributed by atoms with Gasteiger partial charge in [0.2, 0.25) is 0 Å². The Morgan fingerprint density at radius 2 is 0.967 bits per heavy atom. The Balaban J connectivity index is 4.01. The molecule has 30 heavy (non-hydrogen) atoms. The standard InChI is InChI=1S/C23H41NO6/c1-2-3-4-5-6-7-8-9-10-11-12-13-14-15-16-17-24(18-21(25)26,19-22(27)28)20-23(29)30/h15-16H,2-14,17-20H2,1H3,(H2-,25,26,27,28,29,30)/p+1/b16-15+. The zero-order valence-corrected chi connectivity index (χ0v) is 18.7. The van der Waals surface area contributed by atoms with Crippen molar-refractivity contribution in [3.8, 4) is 0 Å². The average Bonchev–Trinajstić information content (AvgIpc) is 2.63. The van der Waals surface area contributed by atoms with E-state index in [0.717, 1.165) is 19.3 Å². The first-order valence-electron chi connectivity index (χ1n) is 11.5. The van der Waals surface area contributed by atoms with Gasteiger partial charge in [-0.2, -0.15) is 0 Å². The topological polar surface area (TPSA) is 112 Å². The van der Waals surface area contributed by atoms with Gasteiger partial charge in [-0.3, -0.25) is 4.48 Å². The molecule has 0 radical (unpaired) electrons. The number of unbranched alkanes of at least 4 members (excludes halogenated alkanes) is 12. The second kappa shape index (κ2) is 17.9. The van der Waals surface area contributed by atoms with E-state index in [0.29, 0.717) is 0 Å². The normalized spacial score (nSPS) is 11.8. The lowest BCUT2D eigenvalue weighted by atomic mass is 10.0. The van der Waals surface area contributed by atoms with Gasteiger partial charge in [0.15, 0.2) is 19.6 Å². The Labute approximate surface area is 181 Å². The molecule has 3 N–H and O–H groups in total. The highest BCUT2D eigenvalue weighted by Crippen LogP contribution is 2.13. The maximum absolute atomic E-state index is 11.1. The van der Waals surface area contributed by atoms with E-state index >= 15 is 0 Å². The van der Waals surface area contributed by atoms with Crippen LogP contribution < -0.4 is 0 Å². The van der Waals surface area contributed by atoms with Crippen LogP contribution in [0.2, 0.25) is 0 Å². The van der Waals surface area contributed by atoms with Crippen LogP contribution in [0.4, 0.5) is 0 Å². The smallest absolute Gasteiger partial charge is 0.359 e. The monoisotopic (exact) mass is 428 g/mol. The van der Waals surface area contributed by atoms with Crippen molar-refractivity contribution < 1.29 is 34.2 Å². The highest BCUT2D eigenvalue weighted by Gasteiger charge is 2.34. The van der Waals surface area contributed by atoms with Crippen molar-refractivity contribution in [1.29, 1.82) is 0 Å². The van der Waals surface area contributed by atoms with Crippen LogP contribution in [0.5, 0.6) is 0 Å². The van der Waals surface area contributed by atoms with Gasteiger partial charge < -0.3 is 15.3 Å². The molecule has 0 saturated heterocycles. The van der Waals surface area contributed by atoms with Gasteiger partial charge in [-0.05, 0) is 18.9 Å². The number of aliphatic carboxylic acids is 3. The first kappa shape index (κ1) is 28.1. The van der Waals surface area contributed by atoms with E-state index in [9.17, 15) is 14.4 Å². The zero-order chi connectivity index (χ0) is 22.7. The van der Waals surface area contributed by atoms with E-state index in [2.05, 4.69) is 6.92 Å². The molecule has 0 aromatic rings. The lowest BCUT2D eigenvalue weighted by Crippen LogP contribution is -2.56. The summed E-state index contributed by atoms with van der Waals surface area (Å²) >= 11 is 0. The quantitative estimate of drug-likeness (QED) is 0.139. The number of allylic oxidation sites excluding steroid dienone is 1. The third kappa shape index (κ3) is 17.0. The molecule has 0 saturated carbocycles. The summed E-state index contributed by atoms with van der Waals surface area (Å²) in [4.78, 5) is 33.3. The summed E-state index contributed by atoms with van der Waals surface area (Å²) in [5.41, 5.74) is 0. The molecule has 0 aliphatic heterocycles. The number of carboxylic acid groups (broad SMARTS) is 3. The Hall–Kier alpha value is -1.89. The van der Waals surface area contributed by atoms with Gasteiger partial charge >= 0.3 is 17.9 Å². The summed E-state index contributed by atoms with van der Waals surface area (Å²) in [5.74, 6) is -3.61. The van der Waals surface area contributed by atoms with E-state index in [4.69, 9.17) is 15.3 Å². The van der Waals surface area contributed by atoms with E-state index in [1.165, 1.54) is 64.2 Å². The number of carbonyl (C=O) groups is 3. The molecule has 0 fully saturated rings. The third-order valence-electron chi connectivity index (χ3n) is 5.30. The summed E-state index contributed by atoms with van der Waals surface area (Å²) in [6.45, 7) is 0.744. The molecule has 0 rings (SSSR count). The lowest BCUT2D eigenvalue weighted by molar-refractivity contribution is -0.902. The molecule has 0 aliphatic carbocycles. The highest BCUT2D eigenvalue weighted by molar-refractivity contribution is 5.73. The van der Waals surface area contributed by atoms with Crippen LogP contribution in [0.1, 0.15) is 90.4 Å². The maximum Gasteiger partial charge on any atom is 0.359 e. The van der Waals surface area contributed by atoms with Crippen LogP contribution in [-0.2, 0) is 14.4 Å². The van der Waals surface area contributed by atoms with E-state index in [-0.39, 0.29) is 6.54 Å². The van der Waals surface area contributed by atoms with Crippen molar-refractivity contribution in [2.45, 2.75) is 90.4 Å². The molecule has 0 aliphatic rings. The highest BCUT2D eigenvalue weighted by atomic mass is 16.4. The molecule has 0 amide bonds. The van der Waals surface area contributed by atoms with Crippen LogP contribution >= 0.6 is 0 Å². The molecule has 7 heteroatoms. The number of carboxylic acids is 3. The van der Waals surface area contributed by atoms with Gasteiger partial charge in [0.1, 0.15) is 0 Å². The van der Waals surface area contributed by atoms with Gasteiger partial charge in [0, 0.05) is 0 Å². The Morgan fingerprint density at radius 1 is 0.600 bits per heavy atom. The third-order valence-corrected chi connectivity index (χ3v) is 5.30. The molecular formula is C23H42NO6+. The average molecular weight is 429 g/mol. The number of nitrogens with zero attached hydrogens (tertiary/aromatic N) is 1. The maximum atomic E-state index is 11.1. The van der Waals surface area contributed by atoms with Gasteiger partial charge in [0.25, 0.3) is 0 Å². The molecule has 0 bridgehead atoms. The minimum absolute atomic E-state index is 0.0865. The van der Waals surface area contributed by atoms with Crippen LogP contribution in [0.25, 0.3) is 0 Å². The molecule has 0 heterocycles. The molecular weight excluding hydrogens is 386 g/mol. The fourth-order valence-electron chi connectivity index (χ4n) is 3.74. The largest absolute Gasteiger partial charge is 0.477 e. The second-order valence-corrected chi connectivity index (χ2v) is 8.33. The van der Waals surface area contributed by atoms with Crippen LogP contribution in [-0.4, -0.2) is 63.9 Å². The number of quaternary nitrogens is 1. The van der Waals surface area contributed by atoms with Crippen LogP contribution in [0.15, 0.2) is 12.2 Å². The molecule has 0 spiro atoms. The molecule has 174 valence electrons. The van der Waals surface area contributed by atoms with Crippen molar-refractivity contribution in [1.82, 2.24) is 0 Å². The summed E-state index contributed by atoms with van der Waals surface area (Å²) in [6, 6.07) is 0. The fourth-order valence-corrected chi connectivity index (χ4v) is 3.74. The Kier molecular flexibility index (Phi) is 16.8. The SMILES string of the molecule is CCCCCCCCCCCCCC/C=C/C[N+](CC(=O)O)(CC(=O)O)CC(=O)O. The minimum Gasteiger partial charge on any atom is -0.477 e. The fraction of sp³-hybridized carbons (Fsp3) is 0.783. The van der Waals surface area contributed by atoms with Gasteiger partial charge in [-0.25, -0.2) is 14.4 Å². The molecule has 0 aromatic heterocycles.